The molecule has 0 amide bonds. The number of carboxylic acids is 3. The summed E-state index contributed by atoms with van der Waals surface area (Å²) < 4.78 is 6.16. The van der Waals surface area contributed by atoms with Crippen molar-refractivity contribution in [2.75, 3.05) is 5.32 Å². The van der Waals surface area contributed by atoms with Crippen molar-refractivity contribution >= 4 is 35.2 Å². The fourth-order valence-electron chi connectivity index (χ4n) is 5.17. The van der Waals surface area contributed by atoms with Crippen LogP contribution in [-0.4, -0.2) is 39.3 Å². The highest BCUT2D eigenvalue weighted by atomic mass is 35.5. The van der Waals surface area contributed by atoms with Crippen LogP contribution in [-0.2, 0) is 11.2 Å². The molecular weight excluding hydrogens is 570 g/mol. The minimum atomic E-state index is -1.11. The maximum atomic E-state index is 11.6. The van der Waals surface area contributed by atoms with Gasteiger partial charge in [0.15, 0.2) is 0 Å². The molecule has 0 radical (unpaired) electrons. The third-order valence-electron chi connectivity index (χ3n) is 7.39. The van der Waals surface area contributed by atoms with E-state index in [-0.39, 0.29) is 41.2 Å². The predicted molar refractivity (Wildman–Crippen MR) is 165 cm³/mol. The lowest BCUT2D eigenvalue weighted by Gasteiger charge is -2.20. The number of aliphatic carboxylic acids is 1. The van der Waals surface area contributed by atoms with Crippen LogP contribution in [0.4, 0.5) is 5.69 Å². The molecule has 0 saturated heterocycles. The summed E-state index contributed by atoms with van der Waals surface area (Å²) in [7, 11) is 0. The number of hydrogen-bond acceptors (Lipinski definition) is 5. The Morgan fingerprint density at radius 2 is 1.49 bits per heavy atom. The second-order valence-electron chi connectivity index (χ2n) is 10.3. The third-order valence-corrected chi connectivity index (χ3v) is 7.64. The second-order valence-corrected chi connectivity index (χ2v) is 10.7. The lowest BCUT2D eigenvalue weighted by Crippen LogP contribution is -2.25. The van der Waals surface area contributed by atoms with Gasteiger partial charge in [0, 0.05) is 22.7 Å². The Labute approximate surface area is 254 Å². The molecule has 9 heteroatoms. The molecule has 5 rings (SSSR count). The molecule has 0 spiro atoms. The molecule has 4 N–H and O–H groups in total. The SMILES string of the molecule is CC(Oc1ccc2c(c1)C(CC(=O)O)C(Cc1ccc(Cl)cc1)N2)c1ccccc1.Cc1c(C(=O)O)cccc1C(=O)O. The van der Waals surface area contributed by atoms with Crippen molar-refractivity contribution in [2.45, 2.75) is 44.8 Å². The summed E-state index contributed by atoms with van der Waals surface area (Å²) in [4.78, 5) is 32.8. The van der Waals surface area contributed by atoms with Crippen LogP contribution in [0, 0.1) is 6.92 Å². The third kappa shape index (κ3) is 7.93. The standard InChI is InChI=1S/C25H24ClNO3.C9H8O4/c1-16(18-5-3-2-4-6-18)30-20-11-12-23-21(14-20)22(15-25(28)29)24(27-23)13-17-7-9-19(26)10-8-17;1-5-6(8(10)11)3-2-4-7(5)9(12)13/h2-12,14,16,22,24,27H,13,15H2,1H3,(H,28,29);2-4H,1H3,(H,10,11)(H,12,13). The first-order valence-electron chi connectivity index (χ1n) is 13.7. The number of fused-ring (bicyclic) bond motifs is 1. The summed E-state index contributed by atoms with van der Waals surface area (Å²) >= 11 is 5.99. The Morgan fingerprint density at radius 3 is 2.07 bits per heavy atom. The van der Waals surface area contributed by atoms with Gasteiger partial charge in [-0.05, 0) is 85.0 Å². The number of nitrogens with one attached hydrogen (secondary N) is 1. The van der Waals surface area contributed by atoms with Gasteiger partial charge >= 0.3 is 17.9 Å². The summed E-state index contributed by atoms with van der Waals surface area (Å²) in [5, 5.41) is 31.1. The molecule has 1 heterocycles. The number of aromatic carboxylic acids is 2. The molecule has 3 unspecified atom stereocenters. The number of hydrogen-bond donors (Lipinski definition) is 4. The van der Waals surface area contributed by atoms with E-state index in [0.29, 0.717) is 5.02 Å². The highest BCUT2D eigenvalue weighted by Crippen LogP contribution is 2.42. The number of carboxylic acid groups (broad SMARTS) is 3. The summed E-state index contributed by atoms with van der Waals surface area (Å²) in [6.07, 6.45) is 0.692. The highest BCUT2D eigenvalue weighted by molar-refractivity contribution is 6.30. The maximum Gasteiger partial charge on any atom is 0.335 e. The van der Waals surface area contributed by atoms with Crippen LogP contribution >= 0.6 is 11.6 Å². The van der Waals surface area contributed by atoms with Crippen LogP contribution < -0.4 is 10.1 Å². The summed E-state index contributed by atoms with van der Waals surface area (Å²) in [6.45, 7) is 3.49. The van der Waals surface area contributed by atoms with E-state index in [0.717, 1.165) is 34.5 Å². The molecule has 0 fully saturated rings. The van der Waals surface area contributed by atoms with Crippen LogP contribution in [0.2, 0.25) is 5.02 Å². The zero-order chi connectivity index (χ0) is 31.1. The van der Waals surface area contributed by atoms with Gasteiger partial charge in [-0.25, -0.2) is 9.59 Å². The lowest BCUT2D eigenvalue weighted by molar-refractivity contribution is -0.137. The van der Waals surface area contributed by atoms with E-state index in [9.17, 15) is 19.5 Å². The summed E-state index contributed by atoms with van der Waals surface area (Å²) in [5.41, 5.74) is 4.52. The fraction of sp³-hybridized carbons (Fsp3) is 0.206. The van der Waals surface area contributed by atoms with Gasteiger partial charge < -0.3 is 25.4 Å². The Kier molecular flexibility index (Phi) is 10.1. The molecule has 43 heavy (non-hydrogen) atoms. The molecule has 0 aromatic heterocycles. The predicted octanol–water partition coefficient (Wildman–Crippen LogP) is 7.47. The summed E-state index contributed by atoms with van der Waals surface area (Å²) in [5.74, 6) is -2.42. The van der Waals surface area contributed by atoms with Crippen LogP contribution in [0.5, 0.6) is 5.75 Å². The van der Waals surface area contributed by atoms with E-state index < -0.39 is 17.9 Å². The molecule has 222 valence electrons. The fourth-order valence-corrected chi connectivity index (χ4v) is 5.30. The monoisotopic (exact) mass is 601 g/mol. The van der Waals surface area contributed by atoms with E-state index >= 15 is 0 Å². The average Bonchev–Trinajstić information content (AvgIpc) is 3.30. The van der Waals surface area contributed by atoms with Crippen molar-refractivity contribution in [2.24, 2.45) is 0 Å². The van der Waals surface area contributed by atoms with E-state index in [4.69, 9.17) is 26.6 Å². The largest absolute Gasteiger partial charge is 0.486 e. The topological polar surface area (TPSA) is 133 Å². The quantitative estimate of drug-likeness (QED) is 0.155. The summed E-state index contributed by atoms with van der Waals surface area (Å²) in [6, 6.07) is 27.8. The zero-order valence-corrected chi connectivity index (χ0v) is 24.4. The van der Waals surface area contributed by atoms with Gasteiger partial charge in [-0.3, -0.25) is 4.79 Å². The van der Waals surface area contributed by atoms with E-state index in [2.05, 4.69) is 5.32 Å². The average molecular weight is 602 g/mol. The van der Waals surface area contributed by atoms with Crippen molar-refractivity contribution in [1.29, 1.82) is 0 Å². The van der Waals surface area contributed by atoms with E-state index in [1.807, 2.05) is 79.7 Å². The molecular formula is C34H32ClNO7. The Hall–Kier alpha value is -4.82. The molecule has 0 bridgehead atoms. The van der Waals surface area contributed by atoms with Gasteiger partial charge in [0.2, 0.25) is 0 Å². The van der Waals surface area contributed by atoms with Gasteiger partial charge in [0.05, 0.1) is 17.5 Å². The van der Waals surface area contributed by atoms with Gasteiger partial charge in [-0.15, -0.1) is 0 Å². The van der Waals surface area contributed by atoms with Crippen molar-refractivity contribution < 1.29 is 34.4 Å². The number of halogens is 1. The van der Waals surface area contributed by atoms with Crippen LogP contribution in [0.3, 0.4) is 0 Å². The molecule has 8 nitrogen and oxygen atoms in total. The normalized spacial score (nSPS) is 15.7. The molecule has 1 aliphatic heterocycles. The van der Waals surface area contributed by atoms with Crippen molar-refractivity contribution in [1.82, 2.24) is 0 Å². The van der Waals surface area contributed by atoms with Crippen LogP contribution in [0.1, 0.15) is 68.3 Å². The molecule has 4 aromatic carbocycles. The van der Waals surface area contributed by atoms with Gasteiger partial charge in [0.1, 0.15) is 11.9 Å². The Morgan fingerprint density at radius 1 is 0.860 bits per heavy atom. The Balaban J connectivity index is 0.000000273. The van der Waals surface area contributed by atoms with Crippen LogP contribution in [0.25, 0.3) is 0 Å². The number of anilines is 1. The van der Waals surface area contributed by atoms with Crippen molar-refractivity contribution in [3.05, 3.63) is 129 Å². The minimum Gasteiger partial charge on any atom is -0.486 e. The van der Waals surface area contributed by atoms with E-state index in [1.54, 1.807) is 0 Å². The lowest BCUT2D eigenvalue weighted by atomic mass is 9.88. The molecule has 0 saturated carbocycles. The smallest absolute Gasteiger partial charge is 0.335 e. The Bertz CT molecular complexity index is 1570. The number of ether oxygens (including phenoxy) is 1. The van der Waals surface area contributed by atoms with Crippen molar-refractivity contribution in [3.8, 4) is 5.75 Å². The number of rotatable bonds is 9. The first-order valence-corrected chi connectivity index (χ1v) is 14.1. The van der Waals surface area contributed by atoms with Gasteiger partial charge in [-0.1, -0.05) is 60.1 Å². The van der Waals surface area contributed by atoms with Gasteiger partial charge in [-0.2, -0.15) is 0 Å². The highest BCUT2D eigenvalue weighted by Gasteiger charge is 2.34. The first kappa shape index (κ1) is 31.1. The van der Waals surface area contributed by atoms with E-state index in [1.165, 1.54) is 25.1 Å². The first-order chi connectivity index (χ1) is 20.5. The molecule has 1 aliphatic rings. The molecule has 4 aromatic rings. The number of carbonyl (C=O) groups is 3. The molecule has 3 atom stereocenters. The molecule has 0 aliphatic carbocycles. The zero-order valence-electron chi connectivity index (χ0n) is 23.7. The van der Waals surface area contributed by atoms with Crippen molar-refractivity contribution in [3.63, 3.8) is 0 Å². The van der Waals surface area contributed by atoms with Crippen LogP contribution in [0.15, 0.2) is 91.0 Å². The van der Waals surface area contributed by atoms with Gasteiger partial charge in [0.25, 0.3) is 0 Å². The number of benzene rings is 4. The minimum absolute atomic E-state index is 0.000859. The second kappa shape index (κ2) is 13.9. The maximum absolute atomic E-state index is 11.6.